The highest BCUT2D eigenvalue weighted by Gasteiger charge is 2.35. The van der Waals surface area contributed by atoms with E-state index in [1.165, 1.54) is 18.4 Å². The molecule has 176 valence electrons. The molecule has 1 amide bonds. The molecule has 1 saturated carbocycles. The van der Waals surface area contributed by atoms with Crippen molar-refractivity contribution in [1.29, 1.82) is 0 Å². The molecule has 1 N–H and O–H groups in total. The molecule has 7 heteroatoms. The van der Waals surface area contributed by atoms with E-state index in [1.54, 1.807) is 12.0 Å². The first-order valence-corrected chi connectivity index (χ1v) is 11.9. The van der Waals surface area contributed by atoms with Crippen LogP contribution in [0.25, 0.3) is 0 Å². The molecule has 0 radical (unpaired) electrons. The average Bonchev–Trinajstić information content (AvgIpc) is 3.51. The van der Waals surface area contributed by atoms with Crippen molar-refractivity contribution < 1.29 is 24.1 Å². The van der Waals surface area contributed by atoms with Crippen molar-refractivity contribution in [2.45, 2.75) is 43.8 Å². The lowest BCUT2D eigenvalue weighted by atomic mass is 10.1. The Labute approximate surface area is 194 Å². The number of ether oxygens (including phenoxy) is 3. The minimum absolute atomic E-state index is 0.0374. The van der Waals surface area contributed by atoms with E-state index in [9.17, 15) is 9.90 Å². The van der Waals surface area contributed by atoms with Gasteiger partial charge in [-0.05, 0) is 55.0 Å². The molecule has 3 fully saturated rings. The number of anilines is 1. The molecule has 2 aromatic rings. The van der Waals surface area contributed by atoms with Gasteiger partial charge in [0, 0.05) is 44.4 Å². The number of rotatable bonds is 9. The fourth-order valence-electron chi connectivity index (χ4n) is 4.66. The Bertz CT molecular complexity index is 975. The van der Waals surface area contributed by atoms with Crippen molar-refractivity contribution in [3.8, 4) is 17.2 Å². The van der Waals surface area contributed by atoms with Crippen molar-refractivity contribution in [1.82, 2.24) is 4.90 Å². The van der Waals surface area contributed by atoms with Gasteiger partial charge in [0.2, 0.25) is 0 Å². The Morgan fingerprint density at radius 1 is 1.00 bits per heavy atom. The first-order valence-electron chi connectivity index (χ1n) is 11.9. The number of carbonyl (C=O) groups excluding carboxylic acids is 1. The number of nitrogens with zero attached hydrogens (tertiary/aromatic N) is 2. The molecule has 0 aromatic heterocycles. The van der Waals surface area contributed by atoms with Gasteiger partial charge in [0.05, 0.1) is 13.2 Å². The zero-order chi connectivity index (χ0) is 22.8. The first-order chi connectivity index (χ1) is 16.1. The second-order valence-electron chi connectivity index (χ2n) is 9.16. The predicted molar refractivity (Wildman–Crippen MR) is 125 cm³/mol. The Kier molecular flexibility index (Phi) is 6.42. The number of benzene rings is 2. The van der Waals surface area contributed by atoms with Crippen molar-refractivity contribution in [3.63, 3.8) is 0 Å². The number of amides is 1. The van der Waals surface area contributed by atoms with Crippen LogP contribution >= 0.6 is 0 Å². The topological polar surface area (TPSA) is 71.5 Å². The van der Waals surface area contributed by atoms with Gasteiger partial charge in [0.1, 0.15) is 12.4 Å². The number of β-amino-alcohol motifs (C(OH)–C–C–N with tert-alkyl or cyclic N) is 1. The van der Waals surface area contributed by atoms with Crippen LogP contribution in [0.1, 0.15) is 37.2 Å². The summed E-state index contributed by atoms with van der Waals surface area (Å²) < 4.78 is 17.5. The number of hydrogen-bond donors (Lipinski definition) is 1. The molecule has 3 aliphatic rings. The Hall–Kier alpha value is -2.77. The van der Waals surface area contributed by atoms with Crippen LogP contribution in [-0.2, 0) is 4.79 Å². The highest BCUT2D eigenvalue weighted by atomic mass is 16.5. The quantitative estimate of drug-likeness (QED) is 0.630. The average molecular weight is 453 g/mol. The summed E-state index contributed by atoms with van der Waals surface area (Å²) in [5, 5.41) is 9.64. The van der Waals surface area contributed by atoms with Gasteiger partial charge in [0.15, 0.2) is 17.6 Å². The van der Waals surface area contributed by atoms with Gasteiger partial charge in [-0.25, -0.2) is 0 Å². The summed E-state index contributed by atoms with van der Waals surface area (Å²) in [6.07, 6.45) is 3.29. The molecular weight excluding hydrogens is 420 g/mol. The number of likely N-dealkylation sites (tertiary alicyclic amines) is 1. The number of aliphatic hydroxyl groups is 1. The smallest absolute Gasteiger partial charge is 0.268 e. The normalized spacial score (nSPS) is 23.2. The molecule has 7 nitrogen and oxygen atoms in total. The molecule has 33 heavy (non-hydrogen) atoms. The van der Waals surface area contributed by atoms with E-state index < -0.39 is 6.10 Å². The third-order valence-electron chi connectivity index (χ3n) is 6.74. The van der Waals surface area contributed by atoms with Crippen molar-refractivity contribution in [2.75, 3.05) is 44.8 Å². The Morgan fingerprint density at radius 2 is 1.82 bits per heavy atom. The van der Waals surface area contributed by atoms with Crippen LogP contribution in [0.4, 0.5) is 5.69 Å². The highest BCUT2D eigenvalue weighted by Crippen LogP contribution is 2.40. The van der Waals surface area contributed by atoms with Gasteiger partial charge in [-0.2, -0.15) is 0 Å². The lowest BCUT2D eigenvalue weighted by Gasteiger charge is -2.20. The van der Waals surface area contributed by atoms with Crippen molar-refractivity contribution in [2.24, 2.45) is 0 Å². The molecule has 0 unspecified atom stereocenters. The Morgan fingerprint density at radius 3 is 2.52 bits per heavy atom. The van der Waals surface area contributed by atoms with E-state index in [-0.39, 0.29) is 12.0 Å². The van der Waals surface area contributed by atoms with Crippen LogP contribution in [0.5, 0.6) is 17.2 Å². The van der Waals surface area contributed by atoms with E-state index in [4.69, 9.17) is 14.2 Å². The Balaban J connectivity index is 1.18. The van der Waals surface area contributed by atoms with Gasteiger partial charge >= 0.3 is 0 Å². The van der Waals surface area contributed by atoms with E-state index >= 15 is 0 Å². The molecule has 0 bridgehead atoms. The van der Waals surface area contributed by atoms with Gasteiger partial charge in [-0.3, -0.25) is 9.69 Å². The monoisotopic (exact) mass is 452 g/mol. The van der Waals surface area contributed by atoms with Gasteiger partial charge < -0.3 is 24.2 Å². The van der Waals surface area contributed by atoms with Crippen LogP contribution in [0.15, 0.2) is 42.5 Å². The number of aliphatic hydroxyl groups excluding tert-OH is 1. The molecule has 2 saturated heterocycles. The minimum atomic E-state index is -0.477. The van der Waals surface area contributed by atoms with Crippen molar-refractivity contribution >= 4 is 11.6 Å². The van der Waals surface area contributed by atoms with Crippen LogP contribution in [0, 0.1) is 0 Å². The lowest BCUT2D eigenvalue weighted by Crippen LogP contribution is -2.32. The zero-order valence-corrected chi connectivity index (χ0v) is 19.1. The second-order valence-corrected chi connectivity index (χ2v) is 9.16. The number of carbonyl (C=O) groups is 1. The summed E-state index contributed by atoms with van der Waals surface area (Å²) in [4.78, 5) is 17.0. The highest BCUT2D eigenvalue weighted by molar-refractivity contribution is 5.99. The van der Waals surface area contributed by atoms with E-state index in [2.05, 4.69) is 17.0 Å². The molecule has 0 spiro atoms. The molecular formula is C26H32N2O5. The van der Waals surface area contributed by atoms with Crippen LogP contribution < -0.4 is 19.1 Å². The largest absolute Gasteiger partial charge is 0.493 e. The second kappa shape index (κ2) is 9.61. The zero-order valence-electron chi connectivity index (χ0n) is 19.1. The standard InChI is InChI=1S/C26H32N2O5/c1-31-25-16-20(6-9-23(25)32-15-14-27-12-10-21(29)17-27)28-13-11-24(26(28)30)33-22-7-4-19(5-8-22)18-2-3-18/h4-9,16,18,21,24,29H,2-3,10-15,17H2,1H3/t21-,24-/m0/s1. The lowest BCUT2D eigenvalue weighted by molar-refractivity contribution is -0.122. The first kappa shape index (κ1) is 22.0. The third kappa shape index (κ3) is 5.09. The van der Waals surface area contributed by atoms with Gasteiger partial charge in [-0.1, -0.05) is 12.1 Å². The molecule has 2 aromatic carbocycles. The molecule has 5 rings (SSSR count). The molecule has 2 heterocycles. The van der Waals surface area contributed by atoms with Gasteiger partial charge in [0.25, 0.3) is 5.91 Å². The van der Waals surface area contributed by atoms with E-state index in [0.717, 1.165) is 30.9 Å². The molecule has 1 aliphatic carbocycles. The van der Waals surface area contributed by atoms with Crippen LogP contribution in [-0.4, -0.2) is 68.0 Å². The SMILES string of the molecule is COc1cc(N2CC[C@H](Oc3ccc(C4CC4)cc3)C2=O)ccc1OCCN1CC[C@H](O)C1. The van der Waals surface area contributed by atoms with E-state index in [1.807, 2.05) is 30.3 Å². The summed E-state index contributed by atoms with van der Waals surface area (Å²) in [6.45, 7) is 3.47. The maximum atomic E-state index is 13.0. The summed E-state index contributed by atoms with van der Waals surface area (Å²) in [5.74, 6) is 2.66. The number of methoxy groups -OCH3 is 1. The van der Waals surface area contributed by atoms with Gasteiger partial charge in [-0.15, -0.1) is 0 Å². The maximum Gasteiger partial charge on any atom is 0.268 e. The summed E-state index contributed by atoms with van der Waals surface area (Å²) in [5.41, 5.74) is 2.14. The van der Waals surface area contributed by atoms with Crippen LogP contribution in [0.3, 0.4) is 0 Å². The summed E-state index contributed by atoms with van der Waals surface area (Å²) in [6, 6.07) is 13.8. The predicted octanol–water partition coefficient (Wildman–Crippen LogP) is 3.20. The van der Waals surface area contributed by atoms with Crippen LogP contribution in [0.2, 0.25) is 0 Å². The number of hydrogen-bond acceptors (Lipinski definition) is 6. The summed E-state index contributed by atoms with van der Waals surface area (Å²) >= 11 is 0. The van der Waals surface area contributed by atoms with Crippen molar-refractivity contribution in [3.05, 3.63) is 48.0 Å². The summed E-state index contributed by atoms with van der Waals surface area (Å²) in [7, 11) is 1.60. The minimum Gasteiger partial charge on any atom is -0.493 e. The maximum absolute atomic E-state index is 13.0. The fourth-order valence-corrected chi connectivity index (χ4v) is 4.66. The third-order valence-corrected chi connectivity index (χ3v) is 6.74. The molecule has 2 atom stereocenters. The van der Waals surface area contributed by atoms with E-state index in [0.29, 0.717) is 43.5 Å². The fraction of sp³-hybridized carbons (Fsp3) is 0.500. The molecule has 2 aliphatic heterocycles.